The van der Waals surface area contributed by atoms with Crippen LogP contribution >= 0.6 is 0 Å². The van der Waals surface area contributed by atoms with Gasteiger partial charge in [0.05, 0.1) is 7.11 Å². The number of benzene rings is 1. The number of carbonyl (C=O) groups excluding carboxylic acids is 1. The number of ether oxygens (including phenoxy) is 1. The molecule has 1 amide bonds. The average Bonchev–Trinajstić information content (AvgIpc) is 2.45. The molecule has 9 heteroatoms. The number of aromatic nitrogens is 1. The zero-order valence-corrected chi connectivity index (χ0v) is 11.6. The van der Waals surface area contributed by atoms with Crippen molar-refractivity contribution < 1.29 is 27.1 Å². The lowest BCUT2D eigenvalue weighted by Crippen LogP contribution is -2.27. The molecule has 0 aliphatic heterocycles. The number of primary amides is 1. The Kier molecular flexibility index (Phi) is 4.13. The normalized spacial score (nSPS) is 11.3. The molecule has 0 bridgehead atoms. The Hall–Kier alpha value is -2.84. The van der Waals surface area contributed by atoms with Gasteiger partial charge in [-0.05, 0) is 23.8 Å². The molecule has 122 valence electrons. The second kappa shape index (κ2) is 5.75. The van der Waals surface area contributed by atoms with Crippen molar-refractivity contribution >= 4 is 5.91 Å². The Balaban J connectivity index is 2.78. The van der Waals surface area contributed by atoms with Gasteiger partial charge in [0, 0.05) is 5.56 Å². The van der Waals surface area contributed by atoms with Crippen LogP contribution in [0.2, 0.25) is 0 Å². The summed E-state index contributed by atoms with van der Waals surface area (Å²) in [5.41, 5.74) is 0.842. The predicted octanol–water partition coefficient (Wildman–Crippen LogP) is 2.31. The third-order valence-corrected chi connectivity index (χ3v) is 3.05. The van der Waals surface area contributed by atoms with Gasteiger partial charge in [0.25, 0.3) is 11.5 Å². The van der Waals surface area contributed by atoms with E-state index in [0.717, 1.165) is 18.2 Å². The average molecular weight is 330 g/mol. The second-order valence-electron chi connectivity index (χ2n) is 4.51. The molecule has 0 aliphatic rings. The number of hydrogen-bond donors (Lipinski definition) is 2. The van der Waals surface area contributed by atoms with E-state index in [2.05, 4.69) is 4.74 Å². The Bertz CT molecular complexity index is 828. The second-order valence-corrected chi connectivity index (χ2v) is 4.51. The maximum Gasteiger partial charge on any atom is 0.431 e. The third-order valence-electron chi connectivity index (χ3n) is 3.05. The number of amides is 1. The van der Waals surface area contributed by atoms with E-state index >= 15 is 0 Å². The molecule has 0 saturated carbocycles. The molecule has 0 spiro atoms. The minimum atomic E-state index is -4.92. The van der Waals surface area contributed by atoms with Crippen molar-refractivity contribution in [2.75, 3.05) is 7.11 Å². The summed E-state index contributed by atoms with van der Waals surface area (Å²) >= 11 is 0. The standard InChI is InChI=1S/C14H10F4N2O3/c1-23-10-3-2-6(4-9(10)15)7-5-8(12(19)21)13(22)20-11(7)14(16,17)18/h2-5H,1H3,(H2,19,21)(H,20,22). The number of H-pyrrole nitrogens is 1. The first-order chi connectivity index (χ1) is 10.6. The molecule has 0 unspecified atom stereocenters. The minimum Gasteiger partial charge on any atom is -0.494 e. The summed E-state index contributed by atoms with van der Waals surface area (Å²) in [4.78, 5) is 24.3. The van der Waals surface area contributed by atoms with E-state index in [4.69, 9.17) is 5.73 Å². The van der Waals surface area contributed by atoms with Gasteiger partial charge in [0.1, 0.15) is 11.3 Å². The molecule has 0 saturated heterocycles. The number of carbonyl (C=O) groups is 1. The van der Waals surface area contributed by atoms with E-state index in [1.165, 1.54) is 7.11 Å². The van der Waals surface area contributed by atoms with Gasteiger partial charge in [-0.25, -0.2) is 4.39 Å². The van der Waals surface area contributed by atoms with Crippen molar-refractivity contribution in [3.8, 4) is 16.9 Å². The Morgan fingerprint density at radius 1 is 1.26 bits per heavy atom. The van der Waals surface area contributed by atoms with E-state index in [9.17, 15) is 27.2 Å². The molecular weight excluding hydrogens is 320 g/mol. The summed E-state index contributed by atoms with van der Waals surface area (Å²) in [6.07, 6.45) is -4.92. The van der Waals surface area contributed by atoms with Crippen LogP contribution in [0, 0.1) is 5.82 Å². The van der Waals surface area contributed by atoms with Crippen LogP contribution in [0.25, 0.3) is 11.1 Å². The number of nitrogens with two attached hydrogens (primary N) is 1. The van der Waals surface area contributed by atoms with E-state index < -0.39 is 40.3 Å². The lowest BCUT2D eigenvalue weighted by atomic mass is 10.0. The highest BCUT2D eigenvalue weighted by Gasteiger charge is 2.36. The van der Waals surface area contributed by atoms with Crippen LogP contribution in [0.4, 0.5) is 17.6 Å². The van der Waals surface area contributed by atoms with Crippen LogP contribution in [-0.2, 0) is 6.18 Å². The number of pyridine rings is 1. The molecule has 5 nitrogen and oxygen atoms in total. The van der Waals surface area contributed by atoms with Crippen molar-refractivity contribution in [3.63, 3.8) is 0 Å². The van der Waals surface area contributed by atoms with E-state index in [1.807, 2.05) is 0 Å². The van der Waals surface area contributed by atoms with Gasteiger partial charge in [-0.3, -0.25) is 9.59 Å². The van der Waals surface area contributed by atoms with Crippen molar-refractivity contribution in [2.24, 2.45) is 5.73 Å². The number of aromatic amines is 1. The summed E-state index contributed by atoms with van der Waals surface area (Å²) in [5.74, 6) is -2.26. The predicted molar refractivity (Wildman–Crippen MR) is 72.5 cm³/mol. The molecule has 2 aromatic rings. The summed E-state index contributed by atoms with van der Waals surface area (Å²) in [7, 11) is 1.20. The summed E-state index contributed by atoms with van der Waals surface area (Å²) in [6, 6.07) is 3.77. The molecule has 3 N–H and O–H groups in total. The summed E-state index contributed by atoms with van der Waals surface area (Å²) < 4.78 is 57.7. The molecule has 23 heavy (non-hydrogen) atoms. The lowest BCUT2D eigenvalue weighted by Gasteiger charge is -2.14. The molecule has 0 radical (unpaired) electrons. The number of methoxy groups -OCH3 is 1. The fourth-order valence-corrected chi connectivity index (χ4v) is 2.00. The molecule has 0 fully saturated rings. The maximum atomic E-state index is 13.7. The number of alkyl halides is 3. The topological polar surface area (TPSA) is 85.2 Å². The van der Waals surface area contributed by atoms with E-state index in [-0.39, 0.29) is 11.3 Å². The molecule has 2 rings (SSSR count). The SMILES string of the molecule is COc1ccc(-c2cc(C(N)=O)c(=O)[nH]c2C(F)(F)F)cc1F. The van der Waals surface area contributed by atoms with E-state index in [1.54, 1.807) is 4.98 Å². The van der Waals surface area contributed by atoms with Crippen LogP contribution < -0.4 is 16.0 Å². The van der Waals surface area contributed by atoms with Gasteiger partial charge in [-0.1, -0.05) is 6.07 Å². The van der Waals surface area contributed by atoms with Gasteiger partial charge in [0.15, 0.2) is 11.6 Å². The molecule has 1 aromatic carbocycles. The van der Waals surface area contributed by atoms with Crippen LogP contribution in [0.1, 0.15) is 16.1 Å². The minimum absolute atomic E-state index is 0.165. The van der Waals surface area contributed by atoms with Crippen LogP contribution in [0.5, 0.6) is 5.75 Å². The van der Waals surface area contributed by atoms with Gasteiger partial charge < -0.3 is 15.5 Å². The fraction of sp³-hybridized carbons (Fsp3) is 0.143. The highest BCUT2D eigenvalue weighted by Crippen LogP contribution is 2.36. The van der Waals surface area contributed by atoms with Crippen LogP contribution in [-0.4, -0.2) is 18.0 Å². The molecular formula is C14H10F4N2O3. The monoisotopic (exact) mass is 330 g/mol. The maximum absolute atomic E-state index is 13.7. The molecule has 0 atom stereocenters. The Morgan fingerprint density at radius 2 is 1.91 bits per heavy atom. The number of halogens is 4. The smallest absolute Gasteiger partial charge is 0.431 e. The quantitative estimate of drug-likeness (QED) is 0.847. The number of rotatable bonds is 3. The Morgan fingerprint density at radius 3 is 2.39 bits per heavy atom. The van der Waals surface area contributed by atoms with Gasteiger partial charge in [-0.2, -0.15) is 13.2 Å². The van der Waals surface area contributed by atoms with Crippen molar-refractivity contribution in [1.29, 1.82) is 0 Å². The Labute approximate surface area is 126 Å². The van der Waals surface area contributed by atoms with Crippen molar-refractivity contribution in [1.82, 2.24) is 4.98 Å². The molecule has 1 heterocycles. The number of nitrogens with one attached hydrogen (secondary N) is 1. The van der Waals surface area contributed by atoms with Crippen LogP contribution in [0.3, 0.4) is 0 Å². The zero-order chi connectivity index (χ0) is 17.4. The highest BCUT2D eigenvalue weighted by molar-refractivity contribution is 5.94. The fourth-order valence-electron chi connectivity index (χ4n) is 2.00. The first-order valence-electron chi connectivity index (χ1n) is 6.13. The van der Waals surface area contributed by atoms with Crippen LogP contribution in [0.15, 0.2) is 29.1 Å². The highest BCUT2D eigenvalue weighted by atomic mass is 19.4. The lowest BCUT2D eigenvalue weighted by molar-refractivity contribution is -0.140. The molecule has 0 aliphatic carbocycles. The summed E-state index contributed by atoms with van der Waals surface area (Å²) in [5, 5.41) is 0. The van der Waals surface area contributed by atoms with Crippen molar-refractivity contribution in [2.45, 2.75) is 6.18 Å². The third kappa shape index (κ3) is 3.17. The first kappa shape index (κ1) is 16.5. The van der Waals surface area contributed by atoms with E-state index in [0.29, 0.717) is 6.07 Å². The summed E-state index contributed by atoms with van der Waals surface area (Å²) in [6.45, 7) is 0. The van der Waals surface area contributed by atoms with Gasteiger partial charge in [-0.15, -0.1) is 0 Å². The largest absolute Gasteiger partial charge is 0.494 e. The van der Waals surface area contributed by atoms with Gasteiger partial charge >= 0.3 is 6.18 Å². The van der Waals surface area contributed by atoms with Gasteiger partial charge in [0.2, 0.25) is 0 Å². The molecule has 1 aromatic heterocycles. The number of hydrogen-bond acceptors (Lipinski definition) is 3. The first-order valence-corrected chi connectivity index (χ1v) is 6.13. The van der Waals surface area contributed by atoms with Crippen molar-refractivity contribution in [3.05, 3.63) is 51.7 Å². The zero-order valence-electron chi connectivity index (χ0n) is 11.6.